The Morgan fingerprint density at radius 2 is 2.62 bits per heavy atom. The molecule has 46 valence electrons. The largest absolute Gasteiger partial charge is 0.376 e. The van der Waals surface area contributed by atoms with E-state index in [9.17, 15) is 4.91 Å². The summed E-state index contributed by atoms with van der Waals surface area (Å²) in [6.07, 6.45) is 2.22. The van der Waals surface area contributed by atoms with Gasteiger partial charge in [-0.1, -0.05) is 5.18 Å². The lowest BCUT2D eigenvalue weighted by Crippen LogP contribution is -2.07. The Balaban J connectivity index is 2.14. The summed E-state index contributed by atoms with van der Waals surface area (Å²) in [7, 11) is 0. The molecule has 1 aliphatic rings. The number of nitrogens with zero attached hydrogens (tertiary/aromatic N) is 1. The second-order valence-corrected chi connectivity index (χ2v) is 1.95. The van der Waals surface area contributed by atoms with Crippen LogP contribution in [0.25, 0.3) is 0 Å². The predicted octanol–water partition coefficient (Wildman–Crippen LogP) is 0.932. The van der Waals surface area contributed by atoms with Crippen LogP contribution in [0.3, 0.4) is 0 Å². The molecule has 0 aromatic heterocycles. The van der Waals surface area contributed by atoms with Crippen molar-refractivity contribution in [2.24, 2.45) is 5.18 Å². The number of hydrogen-bond donors (Lipinski definition) is 0. The SMILES string of the molecule is O=NCC1CCCO1. The van der Waals surface area contributed by atoms with Crippen LogP contribution in [-0.4, -0.2) is 19.3 Å². The molecule has 0 bridgehead atoms. The van der Waals surface area contributed by atoms with Crippen molar-refractivity contribution in [2.75, 3.05) is 13.2 Å². The summed E-state index contributed by atoms with van der Waals surface area (Å²) in [6, 6.07) is 0. The standard InChI is InChI=1S/C5H9NO2/c7-6-4-5-2-1-3-8-5/h5H,1-4H2. The molecule has 1 heterocycles. The molecule has 0 N–H and O–H groups in total. The molecule has 0 spiro atoms. The van der Waals surface area contributed by atoms with Gasteiger partial charge >= 0.3 is 0 Å². The fourth-order valence-corrected chi connectivity index (χ4v) is 0.871. The highest BCUT2D eigenvalue weighted by atomic mass is 16.5. The van der Waals surface area contributed by atoms with Gasteiger partial charge in [0.25, 0.3) is 0 Å². The van der Waals surface area contributed by atoms with E-state index in [2.05, 4.69) is 5.18 Å². The smallest absolute Gasteiger partial charge is 0.107 e. The van der Waals surface area contributed by atoms with E-state index in [4.69, 9.17) is 4.74 Å². The first-order valence-electron chi connectivity index (χ1n) is 2.84. The highest BCUT2D eigenvalue weighted by Crippen LogP contribution is 2.11. The zero-order valence-electron chi connectivity index (χ0n) is 4.67. The lowest BCUT2D eigenvalue weighted by Gasteiger charge is -1.99. The van der Waals surface area contributed by atoms with Crippen molar-refractivity contribution in [1.82, 2.24) is 0 Å². The average molecular weight is 115 g/mol. The van der Waals surface area contributed by atoms with Crippen LogP contribution in [0.15, 0.2) is 5.18 Å². The Bertz CT molecular complexity index is 78.5. The van der Waals surface area contributed by atoms with Gasteiger partial charge in [0, 0.05) is 6.61 Å². The second kappa shape index (κ2) is 2.77. The molecule has 1 atom stereocenters. The van der Waals surface area contributed by atoms with Crippen LogP contribution in [0.1, 0.15) is 12.8 Å². The van der Waals surface area contributed by atoms with Crippen molar-refractivity contribution in [2.45, 2.75) is 18.9 Å². The summed E-state index contributed by atoms with van der Waals surface area (Å²) in [4.78, 5) is 9.63. The topological polar surface area (TPSA) is 38.7 Å². The van der Waals surface area contributed by atoms with Crippen LogP contribution >= 0.6 is 0 Å². The van der Waals surface area contributed by atoms with Crippen molar-refractivity contribution < 1.29 is 4.74 Å². The minimum atomic E-state index is 0.132. The molecule has 0 amide bonds. The van der Waals surface area contributed by atoms with E-state index in [1.807, 2.05) is 0 Å². The van der Waals surface area contributed by atoms with E-state index in [1.165, 1.54) is 0 Å². The molecular formula is C5H9NO2. The summed E-state index contributed by atoms with van der Waals surface area (Å²) in [5.41, 5.74) is 0. The summed E-state index contributed by atoms with van der Waals surface area (Å²) in [6.45, 7) is 1.14. The van der Waals surface area contributed by atoms with Gasteiger partial charge in [-0.15, -0.1) is 0 Å². The molecule has 1 fully saturated rings. The molecule has 8 heavy (non-hydrogen) atoms. The average Bonchev–Trinajstić information content (AvgIpc) is 2.19. The Kier molecular flexibility index (Phi) is 1.97. The van der Waals surface area contributed by atoms with E-state index in [1.54, 1.807) is 0 Å². The van der Waals surface area contributed by atoms with E-state index < -0.39 is 0 Å². The highest BCUT2D eigenvalue weighted by molar-refractivity contribution is 4.65. The van der Waals surface area contributed by atoms with Gasteiger partial charge in [0.15, 0.2) is 0 Å². The molecule has 1 rings (SSSR count). The van der Waals surface area contributed by atoms with E-state index >= 15 is 0 Å². The molecular weight excluding hydrogens is 106 g/mol. The lowest BCUT2D eigenvalue weighted by atomic mass is 10.2. The second-order valence-electron chi connectivity index (χ2n) is 1.95. The summed E-state index contributed by atoms with van der Waals surface area (Å²) >= 11 is 0. The van der Waals surface area contributed by atoms with Gasteiger partial charge < -0.3 is 4.74 Å². The summed E-state index contributed by atoms with van der Waals surface area (Å²) < 4.78 is 5.10. The van der Waals surface area contributed by atoms with Crippen molar-refractivity contribution in [3.05, 3.63) is 4.91 Å². The van der Waals surface area contributed by atoms with Gasteiger partial charge in [0.2, 0.25) is 0 Å². The molecule has 0 aromatic rings. The molecule has 1 aliphatic heterocycles. The minimum absolute atomic E-state index is 0.132. The number of hydrogen-bond acceptors (Lipinski definition) is 3. The molecule has 3 nitrogen and oxygen atoms in total. The van der Waals surface area contributed by atoms with Crippen LogP contribution in [0.2, 0.25) is 0 Å². The molecule has 0 radical (unpaired) electrons. The molecule has 0 saturated carbocycles. The zero-order valence-corrected chi connectivity index (χ0v) is 4.67. The number of rotatable bonds is 2. The van der Waals surface area contributed by atoms with Gasteiger partial charge in [-0.25, -0.2) is 0 Å². The minimum Gasteiger partial charge on any atom is -0.376 e. The molecule has 1 unspecified atom stereocenters. The third-order valence-corrected chi connectivity index (χ3v) is 1.30. The third kappa shape index (κ3) is 1.26. The summed E-state index contributed by atoms with van der Waals surface area (Å²) in [5.74, 6) is 0. The zero-order chi connectivity index (χ0) is 5.82. The Morgan fingerprint density at radius 1 is 1.75 bits per heavy atom. The van der Waals surface area contributed by atoms with Crippen LogP contribution in [-0.2, 0) is 4.74 Å². The van der Waals surface area contributed by atoms with E-state index in [0.717, 1.165) is 19.4 Å². The number of nitroso groups, excluding NO2 is 1. The third-order valence-electron chi connectivity index (χ3n) is 1.30. The normalized spacial score (nSPS) is 28.2. The number of ether oxygens (including phenoxy) is 1. The maximum Gasteiger partial charge on any atom is 0.107 e. The summed E-state index contributed by atoms with van der Waals surface area (Å²) in [5, 5.41) is 2.74. The van der Waals surface area contributed by atoms with Crippen molar-refractivity contribution in [1.29, 1.82) is 0 Å². The Labute approximate surface area is 48.0 Å². The Hall–Kier alpha value is -0.440. The highest BCUT2D eigenvalue weighted by Gasteiger charge is 2.14. The first-order chi connectivity index (χ1) is 3.93. The van der Waals surface area contributed by atoms with Crippen molar-refractivity contribution in [3.63, 3.8) is 0 Å². The lowest BCUT2D eigenvalue weighted by molar-refractivity contribution is 0.117. The van der Waals surface area contributed by atoms with Crippen molar-refractivity contribution in [3.8, 4) is 0 Å². The molecule has 1 saturated heterocycles. The van der Waals surface area contributed by atoms with Gasteiger partial charge in [-0.2, -0.15) is 4.91 Å². The quantitative estimate of drug-likeness (QED) is 0.502. The monoisotopic (exact) mass is 115 g/mol. The van der Waals surface area contributed by atoms with Crippen LogP contribution in [0.5, 0.6) is 0 Å². The van der Waals surface area contributed by atoms with E-state index in [-0.39, 0.29) is 6.10 Å². The van der Waals surface area contributed by atoms with Crippen LogP contribution in [0.4, 0.5) is 0 Å². The first kappa shape index (κ1) is 5.69. The molecule has 0 aliphatic carbocycles. The van der Waals surface area contributed by atoms with Crippen LogP contribution in [0, 0.1) is 4.91 Å². The van der Waals surface area contributed by atoms with Gasteiger partial charge in [-0.05, 0) is 12.8 Å². The Morgan fingerprint density at radius 3 is 3.12 bits per heavy atom. The van der Waals surface area contributed by atoms with Gasteiger partial charge in [0.1, 0.15) is 6.54 Å². The maximum atomic E-state index is 9.63. The molecule has 0 aromatic carbocycles. The fourth-order valence-electron chi connectivity index (χ4n) is 0.871. The maximum absolute atomic E-state index is 9.63. The predicted molar refractivity (Wildman–Crippen MR) is 29.6 cm³/mol. The van der Waals surface area contributed by atoms with Crippen molar-refractivity contribution >= 4 is 0 Å². The first-order valence-corrected chi connectivity index (χ1v) is 2.84. The van der Waals surface area contributed by atoms with Gasteiger partial charge in [0.05, 0.1) is 6.10 Å². The molecule has 3 heteroatoms. The van der Waals surface area contributed by atoms with Gasteiger partial charge in [-0.3, -0.25) is 0 Å². The van der Waals surface area contributed by atoms with Crippen LogP contribution < -0.4 is 0 Å². The van der Waals surface area contributed by atoms with E-state index in [0.29, 0.717) is 6.54 Å². The fraction of sp³-hybridized carbons (Fsp3) is 1.00.